The lowest BCUT2D eigenvalue weighted by atomic mass is 10.1. The number of aromatic nitrogens is 2. The summed E-state index contributed by atoms with van der Waals surface area (Å²) in [5.41, 5.74) is 3.45. The number of carbonyl (C=O) groups excluding carboxylic acids is 3. The van der Waals surface area contributed by atoms with E-state index in [-0.39, 0.29) is 37.4 Å². The smallest absolute Gasteiger partial charge is 0.358 e. The second-order valence-electron chi connectivity index (χ2n) is 11.0. The van der Waals surface area contributed by atoms with Crippen LogP contribution in [0.3, 0.4) is 0 Å². The van der Waals surface area contributed by atoms with Gasteiger partial charge in [0, 0.05) is 41.2 Å². The number of halogens is 1. The standard InChI is InChI=1S/C26H30N2O6S.C13H12BrNO2S/c1-5-33-23(29)17-28(15-19-12-13-20(31-3)14-21(19)32-4)16-22-24(26(30)34-6-2)27-25(35-22)18-10-8-7-9-11-18;1-2-17-13(16)11-10(8-14)18-12(15-11)9-6-4-3-5-7-9/h7-14H,5-6,15-17H2,1-4H3;3-7H,2,8H2,1H3. The van der Waals surface area contributed by atoms with Crippen molar-refractivity contribution in [1.29, 1.82) is 0 Å². The van der Waals surface area contributed by atoms with Gasteiger partial charge in [-0.1, -0.05) is 82.7 Å². The summed E-state index contributed by atoms with van der Waals surface area (Å²) in [5, 5.41) is 2.15. The molecule has 0 aliphatic rings. The molecule has 14 heteroatoms. The molecule has 3 aromatic carbocycles. The van der Waals surface area contributed by atoms with Crippen molar-refractivity contribution in [3.8, 4) is 32.6 Å². The number of nitrogens with zero attached hydrogens (tertiary/aromatic N) is 3. The predicted octanol–water partition coefficient (Wildman–Crippen LogP) is 8.45. The van der Waals surface area contributed by atoms with Crippen molar-refractivity contribution in [2.45, 2.75) is 39.2 Å². The van der Waals surface area contributed by atoms with E-state index in [0.717, 1.165) is 26.6 Å². The summed E-state index contributed by atoms with van der Waals surface area (Å²) in [7, 11) is 3.18. The molecule has 0 saturated heterocycles. The molecular weight excluding hydrogens is 782 g/mol. The molecule has 11 nitrogen and oxygen atoms in total. The van der Waals surface area contributed by atoms with E-state index in [1.54, 1.807) is 41.1 Å². The Balaban J connectivity index is 0.000000291. The van der Waals surface area contributed by atoms with Crippen LogP contribution in [0.2, 0.25) is 0 Å². The summed E-state index contributed by atoms with van der Waals surface area (Å²) in [5.74, 6) is 0.107. The van der Waals surface area contributed by atoms with Crippen molar-refractivity contribution in [3.05, 3.63) is 106 Å². The van der Waals surface area contributed by atoms with E-state index in [9.17, 15) is 14.4 Å². The molecule has 0 aliphatic carbocycles. The summed E-state index contributed by atoms with van der Waals surface area (Å²) < 4.78 is 26.3. The lowest BCUT2D eigenvalue weighted by Gasteiger charge is -2.22. The van der Waals surface area contributed by atoms with E-state index in [1.165, 1.54) is 22.7 Å². The van der Waals surface area contributed by atoms with Crippen LogP contribution < -0.4 is 9.47 Å². The van der Waals surface area contributed by atoms with E-state index < -0.39 is 5.97 Å². The number of hydrogen-bond donors (Lipinski definition) is 0. The summed E-state index contributed by atoms with van der Waals surface area (Å²) in [6.45, 7) is 6.91. The van der Waals surface area contributed by atoms with Crippen molar-refractivity contribution >= 4 is 56.5 Å². The van der Waals surface area contributed by atoms with Crippen molar-refractivity contribution in [2.24, 2.45) is 0 Å². The first-order valence-electron chi connectivity index (χ1n) is 16.8. The summed E-state index contributed by atoms with van der Waals surface area (Å²) in [6.07, 6.45) is 0. The summed E-state index contributed by atoms with van der Waals surface area (Å²) >= 11 is 6.29. The number of methoxy groups -OCH3 is 2. The molecule has 0 atom stereocenters. The first-order valence-corrected chi connectivity index (χ1v) is 19.6. The molecule has 2 aromatic heterocycles. The third kappa shape index (κ3) is 11.7. The molecule has 0 amide bonds. The van der Waals surface area contributed by atoms with Crippen LogP contribution in [0.5, 0.6) is 11.5 Å². The van der Waals surface area contributed by atoms with Crippen LogP contribution in [0.4, 0.5) is 0 Å². The Morgan fingerprint density at radius 2 is 1.21 bits per heavy atom. The molecule has 53 heavy (non-hydrogen) atoms. The molecule has 0 radical (unpaired) electrons. The fourth-order valence-corrected chi connectivity index (χ4v) is 7.62. The van der Waals surface area contributed by atoms with Gasteiger partial charge in [0.1, 0.15) is 21.5 Å². The lowest BCUT2D eigenvalue weighted by Crippen LogP contribution is -2.30. The Morgan fingerprint density at radius 1 is 0.679 bits per heavy atom. The van der Waals surface area contributed by atoms with Crippen LogP contribution in [0.25, 0.3) is 21.1 Å². The quantitative estimate of drug-likeness (QED) is 0.0541. The second-order valence-corrected chi connectivity index (χ2v) is 13.7. The molecule has 5 aromatic rings. The highest BCUT2D eigenvalue weighted by Crippen LogP contribution is 2.32. The third-order valence-corrected chi connectivity index (χ3v) is 10.5. The maximum Gasteiger partial charge on any atom is 0.358 e. The van der Waals surface area contributed by atoms with E-state index >= 15 is 0 Å². The van der Waals surface area contributed by atoms with Gasteiger partial charge in [-0.3, -0.25) is 9.69 Å². The monoisotopic (exact) mass is 823 g/mol. The zero-order valence-electron chi connectivity index (χ0n) is 30.3. The molecule has 280 valence electrons. The van der Waals surface area contributed by atoms with Gasteiger partial charge in [0.05, 0.1) is 50.3 Å². The highest BCUT2D eigenvalue weighted by molar-refractivity contribution is 9.08. The highest BCUT2D eigenvalue weighted by atomic mass is 79.9. The van der Waals surface area contributed by atoms with Gasteiger partial charge >= 0.3 is 17.9 Å². The van der Waals surface area contributed by atoms with Gasteiger partial charge in [-0.05, 0) is 26.8 Å². The van der Waals surface area contributed by atoms with Crippen LogP contribution in [0.1, 0.15) is 57.1 Å². The Hall–Kier alpha value is -4.63. The number of rotatable bonds is 16. The fraction of sp³-hybridized carbons (Fsp3) is 0.308. The maximum absolute atomic E-state index is 12.7. The van der Waals surface area contributed by atoms with Crippen LogP contribution in [0.15, 0.2) is 78.9 Å². The molecule has 2 heterocycles. The highest BCUT2D eigenvalue weighted by Gasteiger charge is 2.24. The van der Waals surface area contributed by atoms with Crippen molar-refractivity contribution < 1.29 is 38.1 Å². The van der Waals surface area contributed by atoms with Crippen molar-refractivity contribution in [3.63, 3.8) is 0 Å². The SMILES string of the molecule is CCOC(=O)CN(Cc1ccc(OC)cc1OC)Cc1sc(-c2ccccc2)nc1C(=O)OCC.CCOC(=O)c1nc(-c2ccccc2)sc1CBr. The Labute approximate surface area is 326 Å². The third-order valence-electron chi connectivity index (χ3n) is 7.41. The molecule has 0 saturated carbocycles. The molecule has 0 spiro atoms. The van der Waals surface area contributed by atoms with Gasteiger partial charge in [-0.15, -0.1) is 22.7 Å². The zero-order chi connectivity index (χ0) is 38.2. The number of carbonyl (C=O) groups is 3. The van der Waals surface area contributed by atoms with E-state index in [2.05, 4.69) is 25.9 Å². The average molecular weight is 825 g/mol. The minimum atomic E-state index is -0.487. The molecule has 0 N–H and O–H groups in total. The Bertz CT molecular complexity index is 1940. The van der Waals surface area contributed by atoms with Gasteiger partial charge in [-0.2, -0.15) is 0 Å². The van der Waals surface area contributed by atoms with E-state index in [4.69, 9.17) is 23.7 Å². The van der Waals surface area contributed by atoms with Crippen LogP contribution in [0, 0.1) is 0 Å². The normalized spacial score (nSPS) is 10.6. The molecule has 0 fully saturated rings. The zero-order valence-corrected chi connectivity index (χ0v) is 33.5. The first-order chi connectivity index (χ1) is 25.7. The second kappa shape index (κ2) is 21.2. The van der Waals surface area contributed by atoms with Gasteiger partial charge in [0.2, 0.25) is 0 Å². The van der Waals surface area contributed by atoms with Crippen LogP contribution in [-0.2, 0) is 37.4 Å². The summed E-state index contributed by atoms with van der Waals surface area (Å²) in [6, 6.07) is 25.0. The number of hydrogen-bond acceptors (Lipinski definition) is 13. The van der Waals surface area contributed by atoms with E-state index in [0.29, 0.717) is 52.1 Å². The minimum Gasteiger partial charge on any atom is -0.497 e. The van der Waals surface area contributed by atoms with Crippen LogP contribution in [-0.4, -0.2) is 73.4 Å². The average Bonchev–Trinajstić information content (AvgIpc) is 3.81. The van der Waals surface area contributed by atoms with Gasteiger partial charge in [0.25, 0.3) is 0 Å². The van der Waals surface area contributed by atoms with Gasteiger partial charge in [-0.25, -0.2) is 19.6 Å². The van der Waals surface area contributed by atoms with Gasteiger partial charge in [0.15, 0.2) is 11.4 Å². The van der Waals surface area contributed by atoms with Crippen molar-refractivity contribution in [2.75, 3.05) is 40.6 Å². The Morgan fingerprint density at radius 3 is 1.70 bits per heavy atom. The number of alkyl halides is 1. The molecule has 0 aliphatic heterocycles. The minimum absolute atomic E-state index is 0.0316. The Kier molecular flexibility index (Phi) is 16.4. The van der Waals surface area contributed by atoms with Crippen LogP contribution >= 0.6 is 38.6 Å². The maximum atomic E-state index is 12.7. The number of ether oxygens (including phenoxy) is 5. The molecule has 0 bridgehead atoms. The molecule has 5 rings (SSSR count). The number of benzene rings is 3. The predicted molar refractivity (Wildman–Crippen MR) is 210 cm³/mol. The van der Waals surface area contributed by atoms with Gasteiger partial charge < -0.3 is 23.7 Å². The topological polar surface area (TPSA) is 126 Å². The van der Waals surface area contributed by atoms with E-state index in [1.807, 2.05) is 77.7 Å². The largest absolute Gasteiger partial charge is 0.497 e. The van der Waals surface area contributed by atoms with Crippen molar-refractivity contribution in [1.82, 2.24) is 14.9 Å². The molecule has 0 unspecified atom stereocenters. The first kappa shape index (κ1) is 41.1. The fourth-order valence-electron chi connectivity index (χ4n) is 5.01. The number of thiazole rings is 2. The molecular formula is C39H42BrN3O8S2. The lowest BCUT2D eigenvalue weighted by molar-refractivity contribution is -0.144. The number of esters is 3. The summed E-state index contributed by atoms with van der Waals surface area (Å²) in [4.78, 5) is 49.4.